The Morgan fingerprint density at radius 1 is 1.12 bits per heavy atom. The lowest BCUT2D eigenvalue weighted by Crippen LogP contribution is -2.23. The van der Waals surface area contributed by atoms with Crippen molar-refractivity contribution in [2.24, 2.45) is 0 Å². The monoisotopic (exact) mass is 387 g/mol. The molecule has 2 rings (SSSR count). The minimum absolute atomic E-state index is 0.0322. The Morgan fingerprint density at radius 3 is 2.35 bits per heavy atom. The second kappa shape index (κ2) is 6.99. The van der Waals surface area contributed by atoms with Crippen LogP contribution in [0.1, 0.15) is 21.5 Å². The molecule has 1 amide bonds. The molecule has 5 nitrogen and oxygen atoms in total. The van der Waals surface area contributed by atoms with Gasteiger partial charge in [0.25, 0.3) is 15.7 Å². The van der Waals surface area contributed by atoms with E-state index in [0.717, 1.165) is 23.8 Å². The Balaban J connectivity index is 2.47. The van der Waals surface area contributed by atoms with E-state index in [4.69, 9.17) is 4.74 Å². The summed E-state index contributed by atoms with van der Waals surface area (Å²) in [5.41, 5.74) is -3.75. The smallest absolute Gasteiger partial charge is 0.495 e. The first-order valence-electron chi connectivity index (χ1n) is 7.36. The summed E-state index contributed by atoms with van der Waals surface area (Å²) in [7, 11) is -4.30. The van der Waals surface area contributed by atoms with Crippen LogP contribution in [0.15, 0.2) is 41.3 Å². The van der Waals surface area contributed by atoms with Gasteiger partial charge in [-0.3, -0.25) is 4.79 Å². The highest BCUT2D eigenvalue weighted by atomic mass is 32.2. The van der Waals surface area contributed by atoms with Crippen LogP contribution in [0.5, 0.6) is 5.75 Å². The molecule has 0 aliphatic rings. The maximum atomic E-state index is 12.8. The molecule has 2 aromatic carbocycles. The second-order valence-corrected chi connectivity index (χ2v) is 7.45. The van der Waals surface area contributed by atoms with Crippen molar-refractivity contribution in [1.29, 1.82) is 0 Å². The van der Waals surface area contributed by atoms with Gasteiger partial charge in [-0.15, -0.1) is 0 Å². The number of rotatable bonds is 4. The molecule has 0 unspecified atom stereocenters. The molecule has 0 aliphatic carbocycles. The van der Waals surface area contributed by atoms with Crippen molar-refractivity contribution in [2.45, 2.75) is 24.3 Å². The van der Waals surface area contributed by atoms with Crippen molar-refractivity contribution in [3.63, 3.8) is 0 Å². The van der Waals surface area contributed by atoms with E-state index in [1.807, 2.05) is 13.0 Å². The van der Waals surface area contributed by atoms with Gasteiger partial charge in [-0.1, -0.05) is 12.1 Å². The number of ether oxygens (including phenoxy) is 1. The predicted molar refractivity (Wildman–Crippen MR) is 90.1 cm³/mol. The fourth-order valence-electron chi connectivity index (χ4n) is 2.27. The number of sulfone groups is 1. The summed E-state index contributed by atoms with van der Waals surface area (Å²) in [6, 6.07) is 7.58. The lowest BCUT2D eigenvalue weighted by molar-refractivity contribution is -0.0436. The molecule has 140 valence electrons. The number of nitrogens with one attached hydrogen (secondary N) is 1. The zero-order valence-corrected chi connectivity index (χ0v) is 15.0. The molecule has 0 fully saturated rings. The van der Waals surface area contributed by atoms with Crippen LogP contribution in [0.3, 0.4) is 0 Å². The zero-order chi connectivity index (χ0) is 19.7. The molecule has 0 saturated heterocycles. The summed E-state index contributed by atoms with van der Waals surface area (Å²) >= 11 is 0. The highest BCUT2D eigenvalue weighted by molar-refractivity contribution is 7.92. The highest BCUT2D eigenvalue weighted by Gasteiger charge is 2.47. The normalized spacial score (nSPS) is 11.9. The van der Waals surface area contributed by atoms with Gasteiger partial charge in [0.05, 0.1) is 17.7 Å². The fraction of sp³-hybridized carbons (Fsp3) is 0.235. The molecule has 2 aromatic rings. The molecule has 0 aromatic heterocycles. The van der Waals surface area contributed by atoms with E-state index in [1.165, 1.54) is 7.11 Å². The summed E-state index contributed by atoms with van der Waals surface area (Å²) in [4.78, 5) is 11.5. The van der Waals surface area contributed by atoms with Crippen LogP contribution >= 0.6 is 0 Å². The number of hydrogen-bond donors (Lipinski definition) is 1. The van der Waals surface area contributed by atoms with Gasteiger partial charge in [-0.2, -0.15) is 13.2 Å². The largest absolute Gasteiger partial charge is 0.501 e. The number of aryl methyl sites for hydroxylation is 1. The molecule has 0 radical (unpaired) electrons. The summed E-state index contributed by atoms with van der Waals surface area (Å²) in [5.74, 6) is -0.559. The van der Waals surface area contributed by atoms with E-state index in [-0.39, 0.29) is 11.4 Å². The number of halogens is 3. The van der Waals surface area contributed by atoms with Crippen molar-refractivity contribution in [1.82, 2.24) is 0 Å². The summed E-state index contributed by atoms with van der Waals surface area (Å²) in [6.45, 7) is 3.54. The van der Waals surface area contributed by atoms with E-state index in [0.29, 0.717) is 11.1 Å². The van der Waals surface area contributed by atoms with Gasteiger partial charge in [0, 0.05) is 5.56 Å². The number of carbonyl (C=O) groups is 1. The van der Waals surface area contributed by atoms with Crippen molar-refractivity contribution in [2.75, 3.05) is 12.4 Å². The predicted octanol–water partition coefficient (Wildman–Crippen LogP) is 3.86. The van der Waals surface area contributed by atoms with Crippen molar-refractivity contribution >= 4 is 21.4 Å². The van der Waals surface area contributed by atoms with Crippen molar-refractivity contribution in [3.05, 3.63) is 53.1 Å². The first-order chi connectivity index (χ1) is 12.0. The lowest BCUT2D eigenvalue weighted by Gasteiger charge is -2.14. The number of methoxy groups -OCH3 is 1. The molecule has 0 spiro atoms. The molecule has 9 heteroatoms. The minimum Gasteiger partial charge on any atom is -0.495 e. The third kappa shape index (κ3) is 3.67. The van der Waals surface area contributed by atoms with E-state index >= 15 is 0 Å². The maximum Gasteiger partial charge on any atom is 0.501 e. The number of amides is 1. The number of alkyl halides is 3. The van der Waals surface area contributed by atoms with Crippen LogP contribution in [0.4, 0.5) is 18.9 Å². The molecule has 0 heterocycles. The molecule has 0 bridgehead atoms. The minimum atomic E-state index is -5.55. The molecule has 0 atom stereocenters. The summed E-state index contributed by atoms with van der Waals surface area (Å²) < 4.78 is 66.4. The Hall–Kier alpha value is -2.55. The second-order valence-electron chi connectivity index (χ2n) is 5.51. The standard InChI is InChI=1S/C17H16F3NO4S/c1-10-5-4-6-13(11(10)2)16(22)21-14-9-12(7-8-15(14)25-3)26(23,24)17(18,19)20/h4-9H,1-3H3,(H,21,22). The van der Waals surface area contributed by atoms with E-state index < -0.39 is 26.1 Å². The Kier molecular flexibility index (Phi) is 5.31. The zero-order valence-electron chi connectivity index (χ0n) is 14.1. The first kappa shape index (κ1) is 19.8. The number of carbonyl (C=O) groups excluding carboxylic acids is 1. The Bertz CT molecular complexity index is 953. The van der Waals surface area contributed by atoms with Gasteiger partial charge in [0.1, 0.15) is 5.75 Å². The topological polar surface area (TPSA) is 72.5 Å². The van der Waals surface area contributed by atoms with E-state index in [9.17, 15) is 26.4 Å². The van der Waals surface area contributed by atoms with Gasteiger partial charge < -0.3 is 10.1 Å². The third-order valence-corrected chi connectivity index (χ3v) is 5.37. The number of benzene rings is 2. The van der Waals surface area contributed by atoms with Gasteiger partial charge in [-0.25, -0.2) is 8.42 Å². The van der Waals surface area contributed by atoms with Gasteiger partial charge in [0.15, 0.2) is 0 Å². The van der Waals surface area contributed by atoms with E-state index in [1.54, 1.807) is 19.1 Å². The lowest BCUT2D eigenvalue weighted by atomic mass is 10.0. The Morgan fingerprint density at radius 2 is 1.77 bits per heavy atom. The fourth-order valence-corrected chi connectivity index (χ4v) is 3.06. The first-order valence-corrected chi connectivity index (χ1v) is 8.84. The molecule has 26 heavy (non-hydrogen) atoms. The highest BCUT2D eigenvalue weighted by Crippen LogP contribution is 2.35. The number of anilines is 1. The van der Waals surface area contributed by atoms with Crippen LogP contribution in [-0.4, -0.2) is 26.9 Å². The average molecular weight is 387 g/mol. The summed E-state index contributed by atoms with van der Waals surface area (Å²) in [5, 5.41) is 2.41. The number of hydrogen-bond acceptors (Lipinski definition) is 4. The molecule has 1 N–H and O–H groups in total. The van der Waals surface area contributed by atoms with E-state index in [2.05, 4.69) is 5.32 Å². The maximum absolute atomic E-state index is 12.8. The van der Waals surface area contributed by atoms with Gasteiger partial charge in [0.2, 0.25) is 0 Å². The quantitative estimate of drug-likeness (QED) is 0.865. The van der Waals surface area contributed by atoms with Crippen molar-refractivity contribution in [3.8, 4) is 5.75 Å². The van der Waals surface area contributed by atoms with Crippen LogP contribution in [-0.2, 0) is 9.84 Å². The molecular weight excluding hydrogens is 371 g/mol. The van der Waals surface area contributed by atoms with Gasteiger partial charge in [-0.05, 0) is 49.2 Å². The van der Waals surface area contributed by atoms with Crippen molar-refractivity contribution < 1.29 is 31.1 Å². The van der Waals surface area contributed by atoms with Gasteiger partial charge >= 0.3 is 5.51 Å². The summed E-state index contributed by atoms with van der Waals surface area (Å²) in [6.07, 6.45) is 0. The molecule has 0 aliphatic heterocycles. The SMILES string of the molecule is COc1ccc(S(=O)(=O)C(F)(F)F)cc1NC(=O)c1cccc(C)c1C. The van der Waals surface area contributed by atoms with Crippen LogP contribution in [0, 0.1) is 13.8 Å². The van der Waals surface area contributed by atoms with Crippen LogP contribution in [0.25, 0.3) is 0 Å². The Labute approximate surface area is 148 Å². The van der Waals surface area contributed by atoms with Crippen LogP contribution in [0.2, 0.25) is 0 Å². The third-order valence-electron chi connectivity index (χ3n) is 3.88. The molecular formula is C17H16F3NO4S. The molecule has 0 saturated carbocycles. The average Bonchev–Trinajstić information content (AvgIpc) is 2.56. The van der Waals surface area contributed by atoms with Crippen LogP contribution < -0.4 is 10.1 Å².